The maximum absolute atomic E-state index is 12.0. The number of anilines is 1. The third kappa shape index (κ3) is 3.35. The van der Waals surface area contributed by atoms with Gasteiger partial charge in [-0.05, 0) is 42.7 Å². The molecule has 2 N–H and O–H groups in total. The Bertz CT molecular complexity index is 594. The first-order valence-electron chi connectivity index (χ1n) is 6.85. The summed E-state index contributed by atoms with van der Waals surface area (Å²) in [6, 6.07) is 11.9. The van der Waals surface area contributed by atoms with Crippen LogP contribution in [0.15, 0.2) is 48.8 Å². The molecule has 0 bridgehead atoms. The molecule has 0 radical (unpaired) electrons. The van der Waals surface area contributed by atoms with Crippen LogP contribution in [0.4, 0.5) is 5.69 Å². The summed E-state index contributed by atoms with van der Waals surface area (Å²) in [5, 5.41) is 6.30. The van der Waals surface area contributed by atoms with Gasteiger partial charge in [0.15, 0.2) is 0 Å². The monoisotopic (exact) mass is 267 g/mol. The van der Waals surface area contributed by atoms with Crippen LogP contribution in [0.3, 0.4) is 0 Å². The van der Waals surface area contributed by atoms with E-state index in [1.165, 1.54) is 0 Å². The zero-order valence-corrected chi connectivity index (χ0v) is 11.2. The molecule has 1 aromatic carbocycles. The van der Waals surface area contributed by atoms with Gasteiger partial charge in [-0.2, -0.15) is 0 Å². The minimum absolute atomic E-state index is 0.0116. The molecule has 0 saturated heterocycles. The number of amides is 1. The van der Waals surface area contributed by atoms with E-state index in [0.717, 1.165) is 24.1 Å². The molecule has 1 aromatic heterocycles. The molecular weight excluding hydrogens is 250 g/mol. The average molecular weight is 267 g/mol. The van der Waals surface area contributed by atoms with Crippen molar-refractivity contribution in [3.05, 3.63) is 59.9 Å². The first-order valence-corrected chi connectivity index (χ1v) is 6.85. The Labute approximate surface area is 118 Å². The van der Waals surface area contributed by atoms with E-state index in [9.17, 15) is 4.79 Å². The minimum atomic E-state index is 0.0116. The number of aromatic nitrogens is 1. The van der Waals surface area contributed by atoms with Crippen molar-refractivity contribution in [2.45, 2.75) is 25.4 Å². The molecule has 1 heterocycles. The van der Waals surface area contributed by atoms with E-state index in [1.54, 1.807) is 6.20 Å². The number of carbonyl (C=O) groups is 1. The van der Waals surface area contributed by atoms with E-state index in [-0.39, 0.29) is 5.91 Å². The number of nitrogens with zero attached hydrogens (tertiary/aromatic N) is 1. The summed E-state index contributed by atoms with van der Waals surface area (Å²) in [5.41, 5.74) is 2.76. The molecular formula is C16H17N3O. The van der Waals surface area contributed by atoms with Crippen LogP contribution in [0.1, 0.15) is 28.8 Å². The van der Waals surface area contributed by atoms with Crippen LogP contribution >= 0.6 is 0 Å². The van der Waals surface area contributed by atoms with Crippen LogP contribution in [-0.4, -0.2) is 16.9 Å². The van der Waals surface area contributed by atoms with Gasteiger partial charge in [0.2, 0.25) is 0 Å². The first-order chi connectivity index (χ1) is 9.81. The van der Waals surface area contributed by atoms with Gasteiger partial charge < -0.3 is 10.6 Å². The smallest absolute Gasteiger partial charge is 0.251 e. The van der Waals surface area contributed by atoms with Gasteiger partial charge in [-0.15, -0.1) is 0 Å². The minimum Gasteiger partial charge on any atom is -0.381 e. The molecule has 0 atom stereocenters. The van der Waals surface area contributed by atoms with Gasteiger partial charge in [0, 0.05) is 36.2 Å². The molecule has 4 nitrogen and oxygen atoms in total. The van der Waals surface area contributed by atoms with Crippen LogP contribution in [0, 0.1) is 0 Å². The molecule has 2 aromatic rings. The summed E-state index contributed by atoms with van der Waals surface area (Å²) in [5.74, 6) is 0.0116. The number of hydrogen-bond acceptors (Lipinski definition) is 3. The SMILES string of the molecule is O=C(NC1CC1)c1cccc(NCc2cccnc2)c1. The lowest BCUT2D eigenvalue weighted by molar-refractivity contribution is 0.0951. The molecule has 0 spiro atoms. The van der Waals surface area contributed by atoms with Gasteiger partial charge in [-0.25, -0.2) is 0 Å². The summed E-state index contributed by atoms with van der Waals surface area (Å²) < 4.78 is 0. The lowest BCUT2D eigenvalue weighted by Crippen LogP contribution is -2.25. The fraction of sp³-hybridized carbons (Fsp3) is 0.250. The summed E-state index contributed by atoms with van der Waals surface area (Å²) >= 11 is 0. The molecule has 1 aliphatic carbocycles. The Morgan fingerprint density at radius 2 is 2.15 bits per heavy atom. The van der Waals surface area contributed by atoms with E-state index >= 15 is 0 Å². The van der Waals surface area contributed by atoms with Gasteiger partial charge in [0.25, 0.3) is 5.91 Å². The van der Waals surface area contributed by atoms with E-state index in [1.807, 2.05) is 42.6 Å². The van der Waals surface area contributed by atoms with Crippen molar-refractivity contribution < 1.29 is 4.79 Å². The van der Waals surface area contributed by atoms with E-state index in [2.05, 4.69) is 15.6 Å². The summed E-state index contributed by atoms with van der Waals surface area (Å²) in [6.45, 7) is 0.696. The van der Waals surface area contributed by atoms with Crippen LogP contribution in [-0.2, 0) is 6.54 Å². The molecule has 1 aliphatic rings. The Morgan fingerprint density at radius 1 is 1.25 bits per heavy atom. The Morgan fingerprint density at radius 3 is 2.90 bits per heavy atom. The molecule has 20 heavy (non-hydrogen) atoms. The standard InChI is InChI=1S/C16H17N3O/c20-16(19-14-6-7-14)13-4-1-5-15(9-13)18-11-12-3-2-8-17-10-12/h1-5,8-10,14,18H,6-7,11H2,(H,19,20). The number of carbonyl (C=O) groups excluding carboxylic acids is 1. The van der Waals surface area contributed by atoms with E-state index < -0.39 is 0 Å². The van der Waals surface area contributed by atoms with Gasteiger partial charge in [0.05, 0.1) is 0 Å². The number of rotatable bonds is 5. The number of nitrogens with one attached hydrogen (secondary N) is 2. The second kappa shape index (κ2) is 5.74. The third-order valence-corrected chi connectivity index (χ3v) is 3.26. The number of benzene rings is 1. The molecule has 4 heteroatoms. The quantitative estimate of drug-likeness (QED) is 0.875. The molecule has 1 amide bonds. The van der Waals surface area contributed by atoms with Crippen molar-refractivity contribution >= 4 is 11.6 Å². The Balaban J connectivity index is 1.63. The maximum atomic E-state index is 12.0. The van der Waals surface area contributed by atoms with Crippen molar-refractivity contribution in [2.75, 3.05) is 5.32 Å². The van der Waals surface area contributed by atoms with Crippen molar-refractivity contribution in [1.29, 1.82) is 0 Å². The van der Waals surface area contributed by atoms with Crippen LogP contribution in [0.25, 0.3) is 0 Å². The van der Waals surface area contributed by atoms with E-state index in [4.69, 9.17) is 0 Å². The molecule has 0 aliphatic heterocycles. The lowest BCUT2D eigenvalue weighted by Gasteiger charge is -2.08. The zero-order chi connectivity index (χ0) is 13.8. The largest absolute Gasteiger partial charge is 0.381 e. The van der Waals surface area contributed by atoms with Gasteiger partial charge in [0.1, 0.15) is 0 Å². The highest BCUT2D eigenvalue weighted by atomic mass is 16.1. The highest BCUT2D eigenvalue weighted by Gasteiger charge is 2.23. The van der Waals surface area contributed by atoms with Crippen LogP contribution in [0.2, 0.25) is 0 Å². The average Bonchev–Trinajstić information content (AvgIpc) is 3.30. The second-order valence-electron chi connectivity index (χ2n) is 5.04. The van der Waals surface area contributed by atoms with Crippen LogP contribution in [0.5, 0.6) is 0 Å². The highest BCUT2D eigenvalue weighted by Crippen LogP contribution is 2.20. The zero-order valence-electron chi connectivity index (χ0n) is 11.2. The molecule has 1 fully saturated rings. The summed E-state index contributed by atoms with van der Waals surface area (Å²) in [4.78, 5) is 16.1. The third-order valence-electron chi connectivity index (χ3n) is 3.26. The predicted octanol–water partition coefficient (Wildman–Crippen LogP) is 2.59. The number of hydrogen-bond donors (Lipinski definition) is 2. The maximum Gasteiger partial charge on any atom is 0.251 e. The summed E-state index contributed by atoms with van der Waals surface area (Å²) in [7, 11) is 0. The van der Waals surface area contributed by atoms with Gasteiger partial charge in [-0.3, -0.25) is 9.78 Å². The fourth-order valence-electron chi connectivity index (χ4n) is 1.97. The lowest BCUT2D eigenvalue weighted by atomic mass is 10.2. The summed E-state index contributed by atoms with van der Waals surface area (Å²) in [6.07, 6.45) is 5.79. The second-order valence-corrected chi connectivity index (χ2v) is 5.04. The Hall–Kier alpha value is -2.36. The topological polar surface area (TPSA) is 54.0 Å². The van der Waals surface area contributed by atoms with Gasteiger partial charge >= 0.3 is 0 Å². The fourth-order valence-corrected chi connectivity index (χ4v) is 1.97. The van der Waals surface area contributed by atoms with Crippen molar-refractivity contribution in [2.24, 2.45) is 0 Å². The molecule has 0 unspecified atom stereocenters. The Kier molecular flexibility index (Phi) is 3.63. The van der Waals surface area contributed by atoms with Gasteiger partial charge in [-0.1, -0.05) is 12.1 Å². The first kappa shape index (κ1) is 12.7. The van der Waals surface area contributed by atoms with Crippen molar-refractivity contribution in [3.63, 3.8) is 0 Å². The number of pyridine rings is 1. The van der Waals surface area contributed by atoms with Crippen LogP contribution < -0.4 is 10.6 Å². The molecule has 3 rings (SSSR count). The molecule has 1 saturated carbocycles. The van der Waals surface area contributed by atoms with E-state index in [0.29, 0.717) is 18.2 Å². The normalized spacial score (nSPS) is 13.8. The predicted molar refractivity (Wildman–Crippen MR) is 78.5 cm³/mol. The molecule has 102 valence electrons. The van der Waals surface area contributed by atoms with Crippen molar-refractivity contribution in [1.82, 2.24) is 10.3 Å². The highest BCUT2D eigenvalue weighted by molar-refractivity contribution is 5.95. The van der Waals surface area contributed by atoms with Crippen molar-refractivity contribution in [3.8, 4) is 0 Å².